The standard InChI is InChI=1S/C19H17NO4/c1-11-9-16(21)18(23)19(24-11)15(10-17(20)22)14-8-4-6-12-5-2-3-7-13(12)14/h2-9,15,23H,10H2,1H3,(H2,20,22). The molecular weight excluding hydrogens is 306 g/mol. The van der Waals surface area contributed by atoms with E-state index in [9.17, 15) is 14.7 Å². The Labute approximate surface area is 138 Å². The summed E-state index contributed by atoms with van der Waals surface area (Å²) in [7, 11) is 0. The van der Waals surface area contributed by atoms with Gasteiger partial charge in [-0.3, -0.25) is 9.59 Å². The predicted molar refractivity (Wildman–Crippen MR) is 91.0 cm³/mol. The van der Waals surface area contributed by atoms with Gasteiger partial charge in [0.2, 0.25) is 17.1 Å². The molecule has 3 rings (SSSR count). The molecule has 0 radical (unpaired) electrons. The average Bonchev–Trinajstić information content (AvgIpc) is 2.55. The van der Waals surface area contributed by atoms with Gasteiger partial charge in [0.1, 0.15) is 5.76 Å². The number of carbonyl (C=O) groups is 1. The minimum Gasteiger partial charge on any atom is -0.502 e. The molecule has 0 spiro atoms. The third-order valence-corrected chi connectivity index (χ3v) is 3.99. The zero-order chi connectivity index (χ0) is 17.3. The number of hydrogen-bond acceptors (Lipinski definition) is 4. The molecule has 0 fully saturated rings. The van der Waals surface area contributed by atoms with Crippen molar-refractivity contribution in [3.05, 3.63) is 75.8 Å². The van der Waals surface area contributed by atoms with Gasteiger partial charge < -0.3 is 15.3 Å². The number of primary amides is 1. The Balaban J connectivity index is 2.28. The zero-order valence-electron chi connectivity index (χ0n) is 13.2. The van der Waals surface area contributed by atoms with Gasteiger partial charge in [-0.1, -0.05) is 42.5 Å². The minimum atomic E-state index is -0.638. The third-order valence-electron chi connectivity index (χ3n) is 3.99. The van der Waals surface area contributed by atoms with Crippen molar-refractivity contribution in [3.8, 4) is 5.75 Å². The highest BCUT2D eigenvalue weighted by molar-refractivity contribution is 5.87. The fourth-order valence-electron chi connectivity index (χ4n) is 2.96. The van der Waals surface area contributed by atoms with E-state index in [1.165, 1.54) is 6.07 Å². The molecule has 1 atom stereocenters. The van der Waals surface area contributed by atoms with Crippen LogP contribution in [0.5, 0.6) is 5.75 Å². The van der Waals surface area contributed by atoms with E-state index in [-0.39, 0.29) is 12.2 Å². The fraction of sp³-hybridized carbons (Fsp3) is 0.158. The van der Waals surface area contributed by atoms with Crippen LogP contribution in [0, 0.1) is 6.92 Å². The molecule has 0 aliphatic heterocycles. The molecule has 0 aliphatic carbocycles. The number of nitrogens with two attached hydrogens (primary N) is 1. The number of amides is 1. The van der Waals surface area contributed by atoms with Crippen molar-refractivity contribution in [2.75, 3.05) is 0 Å². The van der Waals surface area contributed by atoms with Crippen LogP contribution in [0.3, 0.4) is 0 Å². The van der Waals surface area contributed by atoms with Crippen LogP contribution in [0.25, 0.3) is 10.8 Å². The number of benzene rings is 2. The smallest absolute Gasteiger partial charge is 0.227 e. The first-order chi connectivity index (χ1) is 11.5. The summed E-state index contributed by atoms with van der Waals surface area (Å²) in [6.45, 7) is 1.62. The van der Waals surface area contributed by atoms with E-state index in [1.807, 2.05) is 42.5 Å². The SMILES string of the molecule is Cc1cc(=O)c(O)c(C(CC(N)=O)c2cccc3ccccc23)o1. The summed E-state index contributed by atoms with van der Waals surface area (Å²) >= 11 is 0. The second-order valence-corrected chi connectivity index (χ2v) is 5.73. The monoisotopic (exact) mass is 323 g/mol. The van der Waals surface area contributed by atoms with Gasteiger partial charge in [0.25, 0.3) is 0 Å². The summed E-state index contributed by atoms with van der Waals surface area (Å²) in [6.07, 6.45) is -0.0754. The largest absolute Gasteiger partial charge is 0.502 e. The van der Waals surface area contributed by atoms with Gasteiger partial charge in [-0.05, 0) is 23.3 Å². The molecule has 0 aliphatic rings. The van der Waals surface area contributed by atoms with Crippen LogP contribution < -0.4 is 11.2 Å². The van der Waals surface area contributed by atoms with Crippen LogP contribution in [0.2, 0.25) is 0 Å². The van der Waals surface area contributed by atoms with Crippen molar-refractivity contribution >= 4 is 16.7 Å². The molecule has 0 saturated heterocycles. The van der Waals surface area contributed by atoms with E-state index in [2.05, 4.69) is 0 Å². The van der Waals surface area contributed by atoms with E-state index in [1.54, 1.807) is 6.92 Å². The molecule has 3 N–H and O–H groups in total. The Kier molecular flexibility index (Phi) is 4.08. The van der Waals surface area contributed by atoms with Gasteiger partial charge in [-0.2, -0.15) is 0 Å². The Morgan fingerprint density at radius 2 is 1.92 bits per heavy atom. The Morgan fingerprint density at radius 3 is 2.67 bits per heavy atom. The topological polar surface area (TPSA) is 93.5 Å². The Bertz CT molecular complexity index is 969. The first-order valence-electron chi connectivity index (χ1n) is 7.57. The molecule has 122 valence electrons. The number of fused-ring (bicyclic) bond motifs is 1. The molecule has 1 amide bonds. The minimum absolute atomic E-state index is 0.0650. The maximum Gasteiger partial charge on any atom is 0.227 e. The quantitative estimate of drug-likeness (QED) is 0.772. The predicted octanol–water partition coefficient (Wildman–Crippen LogP) is 2.81. The highest BCUT2D eigenvalue weighted by Gasteiger charge is 2.26. The normalized spacial score (nSPS) is 12.2. The molecule has 1 unspecified atom stereocenters. The number of aryl methyl sites for hydroxylation is 1. The molecule has 0 bridgehead atoms. The molecular formula is C19H17NO4. The molecule has 5 nitrogen and oxygen atoms in total. The lowest BCUT2D eigenvalue weighted by Gasteiger charge is -2.18. The molecule has 1 aromatic heterocycles. The van der Waals surface area contributed by atoms with Crippen molar-refractivity contribution in [1.82, 2.24) is 0 Å². The number of carbonyl (C=O) groups excluding carboxylic acids is 1. The summed E-state index contributed by atoms with van der Waals surface area (Å²) in [5.74, 6) is -1.24. The maximum atomic E-state index is 11.9. The van der Waals surface area contributed by atoms with Gasteiger partial charge in [0.15, 0.2) is 5.76 Å². The second kappa shape index (κ2) is 6.20. The lowest BCUT2D eigenvalue weighted by atomic mass is 9.88. The Morgan fingerprint density at radius 1 is 1.21 bits per heavy atom. The summed E-state index contributed by atoms with van der Waals surface area (Å²) in [5.41, 5.74) is 5.63. The van der Waals surface area contributed by atoms with Crippen molar-refractivity contribution in [2.45, 2.75) is 19.3 Å². The number of rotatable bonds is 4. The Hall–Kier alpha value is -3.08. The maximum absolute atomic E-state index is 11.9. The molecule has 1 heterocycles. The summed E-state index contributed by atoms with van der Waals surface area (Å²) in [6, 6.07) is 14.5. The number of hydrogen-bond donors (Lipinski definition) is 2. The van der Waals surface area contributed by atoms with Crippen molar-refractivity contribution in [3.63, 3.8) is 0 Å². The van der Waals surface area contributed by atoms with Crippen molar-refractivity contribution in [1.29, 1.82) is 0 Å². The lowest BCUT2D eigenvalue weighted by Crippen LogP contribution is -2.18. The summed E-state index contributed by atoms with van der Waals surface area (Å²) < 4.78 is 5.60. The highest BCUT2D eigenvalue weighted by atomic mass is 16.4. The van der Waals surface area contributed by atoms with E-state index in [4.69, 9.17) is 10.2 Å². The van der Waals surface area contributed by atoms with E-state index >= 15 is 0 Å². The van der Waals surface area contributed by atoms with E-state index in [0.29, 0.717) is 5.76 Å². The average molecular weight is 323 g/mol. The van der Waals surface area contributed by atoms with E-state index in [0.717, 1.165) is 16.3 Å². The van der Waals surface area contributed by atoms with Crippen LogP contribution >= 0.6 is 0 Å². The van der Waals surface area contributed by atoms with Gasteiger partial charge in [0.05, 0.1) is 5.92 Å². The van der Waals surface area contributed by atoms with Gasteiger partial charge in [-0.15, -0.1) is 0 Å². The first kappa shape index (κ1) is 15.8. The number of aromatic hydroxyl groups is 1. The van der Waals surface area contributed by atoms with Crippen LogP contribution in [0.4, 0.5) is 0 Å². The lowest BCUT2D eigenvalue weighted by molar-refractivity contribution is -0.118. The molecule has 2 aromatic carbocycles. The highest BCUT2D eigenvalue weighted by Crippen LogP contribution is 2.36. The molecule has 3 aromatic rings. The molecule has 0 saturated carbocycles. The van der Waals surface area contributed by atoms with Crippen LogP contribution in [-0.4, -0.2) is 11.0 Å². The van der Waals surface area contributed by atoms with E-state index < -0.39 is 23.0 Å². The zero-order valence-corrected chi connectivity index (χ0v) is 13.2. The second-order valence-electron chi connectivity index (χ2n) is 5.73. The van der Waals surface area contributed by atoms with Gasteiger partial charge >= 0.3 is 0 Å². The van der Waals surface area contributed by atoms with Gasteiger partial charge in [-0.25, -0.2) is 0 Å². The van der Waals surface area contributed by atoms with Crippen LogP contribution in [0.1, 0.15) is 29.4 Å². The summed E-state index contributed by atoms with van der Waals surface area (Å²) in [4.78, 5) is 23.5. The molecule has 24 heavy (non-hydrogen) atoms. The first-order valence-corrected chi connectivity index (χ1v) is 7.57. The third kappa shape index (κ3) is 2.88. The van der Waals surface area contributed by atoms with Crippen molar-refractivity contribution < 1.29 is 14.3 Å². The van der Waals surface area contributed by atoms with Crippen molar-refractivity contribution in [2.24, 2.45) is 5.73 Å². The van der Waals surface area contributed by atoms with Gasteiger partial charge in [0, 0.05) is 12.5 Å². The fourth-order valence-corrected chi connectivity index (χ4v) is 2.96. The van der Waals surface area contributed by atoms with Crippen LogP contribution in [0.15, 0.2) is 57.7 Å². The van der Waals surface area contributed by atoms with Crippen LogP contribution in [-0.2, 0) is 4.79 Å². The summed E-state index contributed by atoms with van der Waals surface area (Å²) in [5, 5.41) is 12.1. The molecule has 5 heteroatoms.